The van der Waals surface area contributed by atoms with Crippen molar-refractivity contribution in [2.45, 2.75) is 18.9 Å². The Morgan fingerprint density at radius 3 is 2.30 bits per heavy atom. The number of carboxylic acids is 1. The average molecular weight is 401 g/mol. The van der Waals surface area contributed by atoms with E-state index >= 15 is 0 Å². The van der Waals surface area contributed by atoms with Gasteiger partial charge >= 0.3 is 5.97 Å². The maximum atomic E-state index is 11.3. The molecular weight excluding hydrogens is 372 g/mol. The highest BCUT2D eigenvalue weighted by Crippen LogP contribution is 2.29. The van der Waals surface area contributed by atoms with Gasteiger partial charge in [0, 0.05) is 25.2 Å². The number of carboxylic acid groups (broad SMARTS) is 1. The minimum atomic E-state index is -0.769. The first-order valence-corrected chi connectivity index (χ1v) is 10.5. The van der Waals surface area contributed by atoms with Crippen molar-refractivity contribution < 1.29 is 9.90 Å². The van der Waals surface area contributed by atoms with E-state index in [1.165, 1.54) is 27.8 Å². The molecule has 1 fully saturated rings. The number of benzene rings is 3. The van der Waals surface area contributed by atoms with Gasteiger partial charge in [0.15, 0.2) is 0 Å². The van der Waals surface area contributed by atoms with Gasteiger partial charge in [0.1, 0.15) is 0 Å². The van der Waals surface area contributed by atoms with Crippen LogP contribution in [0.15, 0.2) is 78.9 Å². The summed E-state index contributed by atoms with van der Waals surface area (Å²) in [5, 5.41) is 12.8. The molecule has 0 amide bonds. The third-order valence-electron chi connectivity index (χ3n) is 5.97. The number of nitrogens with zero attached hydrogens (tertiary/aromatic N) is 1. The lowest BCUT2D eigenvalue weighted by Crippen LogP contribution is -2.61. The van der Waals surface area contributed by atoms with Crippen LogP contribution in [0.3, 0.4) is 0 Å². The van der Waals surface area contributed by atoms with E-state index in [0.717, 1.165) is 26.1 Å². The van der Waals surface area contributed by atoms with E-state index < -0.39 is 5.97 Å². The molecule has 3 aromatic carbocycles. The molecule has 0 bridgehead atoms. The van der Waals surface area contributed by atoms with Crippen molar-refractivity contribution in [3.8, 4) is 22.3 Å². The second-order valence-electron chi connectivity index (χ2n) is 8.31. The Kier molecular flexibility index (Phi) is 5.98. The molecule has 0 radical (unpaired) electrons. The van der Waals surface area contributed by atoms with Gasteiger partial charge in [-0.2, -0.15) is 0 Å². The smallest absolute Gasteiger partial charge is 0.317 e. The fourth-order valence-electron chi connectivity index (χ4n) is 4.37. The molecule has 0 spiro atoms. The Morgan fingerprint density at radius 1 is 0.933 bits per heavy atom. The molecule has 1 aliphatic heterocycles. The van der Waals surface area contributed by atoms with Crippen LogP contribution in [0.2, 0.25) is 0 Å². The SMILES string of the molecule is C[C@@]1(Cc2cccc(-c3cccc(-c4ccccc4)c3)c2)CNCCN1CC(=O)O. The van der Waals surface area contributed by atoms with Crippen LogP contribution in [0.1, 0.15) is 12.5 Å². The van der Waals surface area contributed by atoms with E-state index in [0.29, 0.717) is 0 Å². The van der Waals surface area contributed by atoms with Crippen LogP contribution >= 0.6 is 0 Å². The molecule has 0 aromatic heterocycles. The van der Waals surface area contributed by atoms with Crippen LogP contribution in [0, 0.1) is 0 Å². The van der Waals surface area contributed by atoms with E-state index in [-0.39, 0.29) is 12.1 Å². The van der Waals surface area contributed by atoms with Crippen molar-refractivity contribution in [3.05, 3.63) is 84.4 Å². The third kappa shape index (κ3) is 4.61. The number of carbonyl (C=O) groups is 1. The second kappa shape index (κ2) is 8.82. The van der Waals surface area contributed by atoms with Crippen molar-refractivity contribution in [1.29, 1.82) is 0 Å². The molecule has 1 heterocycles. The van der Waals surface area contributed by atoms with Crippen LogP contribution in [-0.2, 0) is 11.2 Å². The molecule has 1 aliphatic rings. The highest BCUT2D eigenvalue weighted by atomic mass is 16.4. The first-order chi connectivity index (χ1) is 14.5. The molecule has 0 saturated carbocycles. The van der Waals surface area contributed by atoms with Gasteiger partial charge in [-0.15, -0.1) is 0 Å². The molecule has 1 atom stereocenters. The zero-order chi connectivity index (χ0) is 21.0. The fourth-order valence-corrected chi connectivity index (χ4v) is 4.37. The number of piperazine rings is 1. The molecule has 4 nitrogen and oxygen atoms in total. The standard InChI is InChI=1S/C26H28N2O2/c1-26(19-27-13-14-28(26)18-25(29)30)17-20-7-5-10-22(15-20)24-12-6-11-23(16-24)21-8-3-2-4-9-21/h2-12,15-16,27H,13-14,17-19H2,1H3,(H,29,30)/t26-/m1/s1. The van der Waals surface area contributed by atoms with Crippen LogP contribution in [-0.4, -0.2) is 47.7 Å². The maximum absolute atomic E-state index is 11.3. The van der Waals surface area contributed by atoms with Gasteiger partial charge in [-0.25, -0.2) is 0 Å². The lowest BCUT2D eigenvalue weighted by molar-refractivity contribution is -0.140. The summed E-state index contributed by atoms with van der Waals surface area (Å²) in [5.41, 5.74) is 5.78. The van der Waals surface area contributed by atoms with Crippen LogP contribution in [0.4, 0.5) is 0 Å². The summed E-state index contributed by atoms with van der Waals surface area (Å²) in [5.74, 6) is -0.769. The minimum Gasteiger partial charge on any atom is -0.480 e. The van der Waals surface area contributed by atoms with Gasteiger partial charge in [-0.1, -0.05) is 72.8 Å². The first kappa shape index (κ1) is 20.3. The van der Waals surface area contributed by atoms with Crippen molar-refractivity contribution >= 4 is 5.97 Å². The molecule has 0 aliphatic carbocycles. The zero-order valence-electron chi connectivity index (χ0n) is 17.3. The topological polar surface area (TPSA) is 52.6 Å². The fraction of sp³-hybridized carbons (Fsp3) is 0.269. The third-order valence-corrected chi connectivity index (χ3v) is 5.97. The molecule has 1 saturated heterocycles. The summed E-state index contributed by atoms with van der Waals surface area (Å²) in [6.07, 6.45) is 0.805. The molecule has 154 valence electrons. The van der Waals surface area contributed by atoms with Gasteiger partial charge in [0.05, 0.1) is 6.54 Å². The Labute approximate surface area is 178 Å². The normalized spacial score (nSPS) is 19.5. The molecule has 0 unspecified atom stereocenters. The quantitative estimate of drug-likeness (QED) is 0.647. The van der Waals surface area contributed by atoms with Gasteiger partial charge in [0.25, 0.3) is 0 Å². The number of hydrogen-bond donors (Lipinski definition) is 2. The van der Waals surface area contributed by atoms with Crippen molar-refractivity contribution in [2.75, 3.05) is 26.2 Å². The predicted octanol–water partition coefficient (Wildman–Crippen LogP) is 4.31. The molecule has 3 aromatic rings. The molecule has 2 N–H and O–H groups in total. The monoisotopic (exact) mass is 400 g/mol. The van der Waals surface area contributed by atoms with Gasteiger partial charge in [0.2, 0.25) is 0 Å². The summed E-state index contributed by atoms with van der Waals surface area (Å²) in [6, 6.07) is 27.7. The summed E-state index contributed by atoms with van der Waals surface area (Å²) >= 11 is 0. The molecule has 4 heteroatoms. The Morgan fingerprint density at radius 2 is 1.57 bits per heavy atom. The van der Waals surface area contributed by atoms with Gasteiger partial charge in [-0.3, -0.25) is 9.69 Å². The summed E-state index contributed by atoms with van der Waals surface area (Å²) in [4.78, 5) is 13.4. The number of nitrogens with one attached hydrogen (secondary N) is 1. The molecular formula is C26H28N2O2. The second-order valence-corrected chi connectivity index (χ2v) is 8.31. The zero-order valence-corrected chi connectivity index (χ0v) is 17.3. The Hall–Kier alpha value is -2.95. The summed E-state index contributed by atoms with van der Waals surface area (Å²) in [7, 11) is 0. The summed E-state index contributed by atoms with van der Waals surface area (Å²) < 4.78 is 0. The summed E-state index contributed by atoms with van der Waals surface area (Å²) in [6.45, 7) is 4.60. The van der Waals surface area contributed by atoms with E-state index in [2.05, 4.69) is 89.9 Å². The predicted molar refractivity (Wildman–Crippen MR) is 122 cm³/mol. The highest BCUT2D eigenvalue weighted by Gasteiger charge is 2.35. The average Bonchev–Trinajstić information content (AvgIpc) is 2.76. The highest BCUT2D eigenvalue weighted by molar-refractivity contribution is 5.73. The van der Waals surface area contributed by atoms with Crippen LogP contribution < -0.4 is 5.32 Å². The van der Waals surface area contributed by atoms with Gasteiger partial charge < -0.3 is 10.4 Å². The number of rotatable bonds is 6. The van der Waals surface area contributed by atoms with Crippen LogP contribution in [0.5, 0.6) is 0 Å². The Bertz CT molecular complexity index is 1020. The minimum absolute atomic E-state index is 0.0803. The number of aliphatic carboxylic acids is 1. The largest absolute Gasteiger partial charge is 0.480 e. The van der Waals surface area contributed by atoms with Crippen molar-refractivity contribution in [3.63, 3.8) is 0 Å². The first-order valence-electron chi connectivity index (χ1n) is 10.5. The maximum Gasteiger partial charge on any atom is 0.317 e. The lowest BCUT2D eigenvalue weighted by Gasteiger charge is -2.44. The van der Waals surface area contributed by atoms with E-state index in [4.69, 9.17) is 0 Å². The van der Waals surface area contributed by atoms with E-state index in [1.807, 2.05) is 6.07 Å². The van der Waals surface area contributed by atoms with E-state index in [1.54, 1.807) is 0 Å². The van der Waals surface area contributed by atoms with Crippen molar-refractivity contribution in [1.82, 2.24) is 10.2 Å². The van der Waals surface area contributed by atoms with Crippen molar-refractivity contribution in [2.24, 2.45) is 0 Å². The molecule has 4 rings (SSSR count). The van der Waals surface area contributed by atoms with Gasteiger partial charge in [-0.05, 0) is 47.2 Å². The lowest BCUT2D eigenvalue weighted by atomic mass is 9.87. The Balaban J connectivity index is 1.59. The van der Waals surface area contributed by atoms with Crippen LogP contribution in [0.25, 0.3) is 22.3 Å². The van der Waals surface area contributed by atoms with E-state index in [9.17, 15) is 9.90 Å². The molecule has 30 heavy (non-hydrogen) atoms. The number of hydrogen-bond acceptors (Lipinski definition) is 3.